The highest BCUT2D eigenvalue weighted by molar-refractivity contribution is 8.00. The Morgan fingerprint density at radius 3 is 2.67 bits per heavy atom. The highest BCUT2D eigenvalue weighted by atomic mass is 32.2. The molecular weight excluding hydrogens is 254 g/mol. The molecule has 1 aliphatic carbocycles. The van der Waals surface area contributed by atoms with Gasteiger partial charge in [-0.15, -0.1) is 0 Å². The minimum atomic E-state index is -1.02. The molecule has 1 aromatic rings. The summed E-state index contributed by atoms with van der Waals surface area (Å²) in [7, 11) is 0. The second kappa shape index (κ2) is 6.32. The lowest BCUT2D eigenvalue weighted by Crippen LogP contribution is -2.13. The molecule has 98 valence electrons. The van der Waals surface area contributed by atoms with E-state index in [9.17, 15) is 13.6 Å². The molecule has 0 aromatic heterocycles. The average molecular weight is 270 g/mol. The van der Waals surface area contributed by atoms with Gasteiger partial charge in [-0.1, -0.05) is 25.3 Å². The van der Waals surface area contributed by atoms with Crippen molar-refractivity contribution >= 4 is 17.5 Å². The summed E-state index contributed by atoms with van der Waals surface area (Å²) in [5.74, 6) is -2.05. The third-order valence-electron chi connectivity index (χ3n) is 3.25. The van der Waals surface area contributed by atoms with E-state index in [0.29, 0.717) is 5.25 Å². The Bertz CT molecular complexity index is 428. The van der Waals surface area contributed by atoms with E-state index in [0.717, 1.165) is 18.9 Å². The Morgan fingerprint density at radius 2 is 1.94 bits per heavy atom. The molecule has 0 aliphatic heterocycles. The van der Waals surface area contributed by atoms with Crippen molar-refractivity contribution in [2.45, 2.75) is 37.4 Å². The number of hydrogen-bond donors (Lipinski definition) is 0. The third-order valence-corrected chi connectivity index (χ3v) is 4.63. The van der Waals surface area contributed by atoms with Gasteiger partial charge in [-0.05, 0) is 25.0 Å². The number of ketones is 1. The summed E-state index contributed by atoms with van der Waals surface area (Å²) < 4.78 is 26.4. The smallest absolute Gasteiger partial charge is 0.175 e. The molecule has 1 aromatic carbocycles. The number of halogens is 2. The first-order chi connectivity index (χ1) is 8.68. The lowest BCUT2D eigenvalue weighted by molar-refractivity contribution is 0.101. The van der Waals surface area contributed by atoms with Gasteiger partial charge in [-0.2, -0.15) is 11.8 Å². The summed E-state index contributed by atoms with van der Waals surface area (Å²) in [4.78, 5) is 11.8. The van der Waals surface area contributed by atoms with Crippen molar-refractivity contribution in [2.24, 2.45) is 0 Å². The Hall–Kier alpha value is -0.900. The summed E-state index contributed by atoms with van der Waals surface area (Å²) in [5.41, 5.74) is -0.127. The summed E-state index contributed by atoms with van der Waals surface area (Å²) in [5, 5.41) is 0.499. The van der Waals surface area contributed by atoms with Crippen LogP contribution in [0.1, 0.15) is 42.5 Å². The first-order valence-electron chi connectivity index (χ1n) is 6.27. The minimum Gasteiger partial charge on any atom is -0.293 e. The van der Waals surface area contributed by atoms with Crippen molar-refractivity contribution in [3.63, 3.8) is 0 Å². The van der Waals surface area contributed by atoms with E-state index in [4.69, 9.17) is 0 Å². The summed E-state index contributed by atoms with van der Waals surface area (Å²) >= 11 is 1.58. The number of Topliss-reactive ketones (excluding diaryl/α,β-unsaturated/α-hetero) is 1. The van der Waals surface area contributed by atoms with Gasteiger partial charge in [0.1, 0.15) is 0 Å². The van der Waals surface area contributed by atoms with Crippen LogP contribution in [0.5, 0.6) is 0 Å². The van der Waals surface area contributed by atoms with E-state index >= 15 is 0 Å². The number of thioether (sulfide) groups is 1. The molecule has 0 radical (unpaired) electrons. The van der Waals surface area contributed by atoms with Crippen LogP contribution in [0.2, 0.25) is 0 Å². The molecule has 0 bridgehead atoms. The first kappa shape index (κ1) is 13.5. The van der Waals surface area contributed by atoms with E-state index in [-0.39, 0.29) is 17.1 Å². The van der Waals surface area contributed by atoms with Gasteiger partial charge >= 0.3 is 0 Å². The zero-order valence-corrected chi connectivity index (χ0v) is 10.9. The Balaban J connectivity index is 1.93. The molecule has 0 saturated heterocycles. The molecule has 1 fully saturated rings. The maximum atomic E-state index is 13.4. The fraction of sp³-hybridized carbons (Fsp3) is 0.500. The average Bonchev–Trinajstić information content (AvgIpc) is 2.40. The lowest BCUT2D eigenvalue weighted by Gasteiger charge is -2.20. The first-order valence-corrected chi connectivity index (χ1v) is 7.32. The van der Waals surface area contributed by atoms with Gasteiger partial charge in [0.05, 0.1) is 11.3 Å². The van der Waals surface area contributed by atoms with Crippen LogP contribution in [0.3, 0.4) is 0 Å². The molecular formula is C14H16F2OS. The van der Waals surface area contributed by atoms with E-state index in [1.54, 1.807) is 11.8 Å². The lowest BCUT2D eigenvalue weighted by atomic mass is 10.0. The molecule has 18 heavy (non-hydrogen) atoms. The van der Waals surface area contributed by atoms with Crippen LogP contribution in [0, 0.1) is 11.6 Å². The predicted molar refractivity (Wildman–Crippen MR) is 70.0 cm³/mol. The Morgan fingerprint density at radius 1 is 1.22 bits per heavy atom. The fourth-order valence-corrected chi connectivity index (χ4v) is 3.43. The van der Waals surface area contributed by atoms with Crippen LogP contribution in [-0.4, -0.2) is 16.8 Å². The van der Waals surface area contributed by atoms with E-state index in [1.807, 2.05) is 0 Å². The number of rotatable bonds is 4. The maximum absolute atomic E-state index is 13.4. The fourth-order valence-electron chi connectivity index (χ4n) is 2.22. The second-order valence-corrected chi connectivity index (χ2v) is 5.88. The molecule has 0 N–H and O–H groups in total. The molecule has 1 saturated carbocycles. The normalized spacial score (nSPS) is 16.8. The molecule has 1 aliphatic rings. The molecule has 0 amide bonds. The van der Waals surface area contributed by atoms with Crippen molar-refractivity contribution < 1.29 is 13.6 Å². The van der Waals surface area contributed by atoms with Gasteiger partial charge in [0.2, 0.25) is 0 Å². The van der Waals surface area contributed by atoms with Crippen LogP contribution >= 0.6 is 11.8 Å². The molecule has 0 unspecified atom stereocenters. The SMILES string of the molecule is O=C(CSC1CCCCC1)c1cccc(F)c1F. The van der Waals surface area contributed by atoms with Crippen molar-refractivity contribution in [3.8, 4) is 0 Å². The Kier molecular flexibility index (Phi) is 4.75. The highest BCUT2D eigenvalue weighted by Gasteiger charge is 2.18. The topological polar surface area (TPSA) is 17.1 Å². The van der Waals surface area contributed by atoms with Crippen LogP contribution < -0.4 is 0 Å². The van der Waals surface area contributed by atoms with E-state index < -0.39 is 11.6 Å². The van der Waals surface area contributed by atoms with Gasteiger partial charge in [-0.3, -0.25) is 4.79 Å². The zero-order chi connectivity index (χ0) is 13.0. The van der Waals surface area contributed by atoms with Gasteiger partial charge in [-0.25, -0.2) is 8.78 Å². The monoisotopic (exact) mass is 270 g/mol. The molecule has 2 rings (SSSR count). The number of carbonyl (C=O) groups excluding carboxylic acids is 1. The van der Waals surface area contributed by atoms with Gasteiger partial charge in [0, 0.05) is 5.25 Å². The van der Waals surface area contributed by atoms with Gasteiger partial charge in [0.25, 0.3) is 0 Å². The quantitative estimate of drug-likeness (QED) is 0.762. The van der Waals surface area contributed by atoms with Gasteiger partial charge < -0.3 is 0 Å². The molecule has 1 nitrogen and oxygen atoms in total. The van der Waals surface area contributed by atoms with Crippen LogP contribution in [0.15, 0.2) is 18.2 Å². The van der Waals surface area contributed by atoms with Crippen LogP contribution in [0.4, 0.5) is 8.78 Å². The molecule has 0 spiro atoms. The number of carbonyl (C=O) groups is 1. The van der Waals surface area contributed by atoms with Crippen molar-refractivity contribution in [2.75, 3.05) is 5.75 Å². The molecule has 0 atom stereocenters. The summed E-state index contributed by atoms with van der Waals surface area (Å²) in [6.07, 6.45) is 5.94. The number of hydrogen-bond acceptors (Lipinski definition) is 2. The molecule has 0 heterocycles. The van der Waals surface area contributed by atoms with Crippen LogP contribution in [-0.2, 0) is 0 Å². The molecule has 4 heteroatoms. The van der Waals surface area contributed by atoms with Crippen molar-refractivity contribution in [3.05, 3.63) is 35.4 Å². The minimum absolute atomic E-state index is 0.127. The predicted octanol–water partition coefficient (Wildman–Crippen LogP) is 4.21. The van der Waals surface area contributed by atoms with E-state index in [1.165, 1.54) is 31.4 Å². The van der Waals surface area contributed by atoms with Crippen molar-refractivity contribution in [1.29, 1.82) is 0 Å². The van der Waals surface area contributed by atoms with Crippen LogP contribution in [0.25, 0.3) is 0 Å². The van der Waals surface area contributed by atoms with E-state index in [2.05, 4.69) is 0 Å². The zero-order valence-electron chi connectivity index (χ0n) is 10.1. The highest BCUT2D eigenvalue weighted by Crippen LogP contribution is 2.28. The van der Waals surface area contributed by atoms with Crippen molar-refractivity contribution in [1.82, 2.24) is 0 Å². The summed E-state index contributed by atoms with van der Waals surface area (Å²) in [6.45, 7) is 0. The number of benzene rings is 1. The van der Waals surface area contributed by atoms with Gasteiger partial charge in [0.15, 0.2) is 17.4 Å². The largest absolute Gasteiger partial charge is 0.293 e. The standard InChI is InChI=1S/C14H16F2OS/c15-12-8-4-7-11(14(12)16)13(17)9-18-10-5-2-1-3-6-10/h4,7-8,10H,1-3,5-6,9H2. The summed E-state index contributed by atoms with van der Waals surface area (Å²) in [6, 6.07) is 3.75. The Labute approximate surface area is 110 Å². The second-order valence-electron chi connectivity index (χ2n) is 4.60. The third kappa shape index (κ3) is 3.31. The maximum Gasteiger partial charge on any atom is 0.175 e.